The molecule has 0 saturated heterocycles. The van der Waals surface area contributed by atoms with Gasteiger partial charge in [0.1, 0.15) is 5.41 Å². The van der Waals surface area contributed by atoms with Gasteiger partial charge in [0.05, 0.1) is 12.2 Å². The summed E-state index contributed by atoms with van der Waals surface area (Å²) in [4.78, 5) is 24.8. The zero-order chi connectivity index (χ0) is 26.8. The Hall–Kier alpha value is -1.23. The molecule has 6 aliphatic rings. The molecule has 11 atom stereocenters. The fourth-order valence-electron chi connectivity index (χ4n) is 10.5. The van der Waals surface area contributed by atoms with E-state index in [1.54, 1.807) is 0 Å². The van der Waals surface area contributed by atoms with Gasteiger partial charge in [0.15, 0.2) is 5.25 Å². The molecule has 9 nitrogen and oxygen atoms in total. The standard InChI is InChI=1S/C28H42O9S/c29-26(30)25(38(33,34)35)28(27(31)32,7-9-36-23-13-15-11-21(23)19-5-1-3-17(15)19)8-10-37-24-14-16-12-22(24)20-6-2-4-18(16)20/h15-25H,1-14H2,(H,29,30)(H,31,32)(H,33,34,35). The summed E-state index contributed by atoms with van der Waals surface area (Å²) in [6, 6.07) is 0. The quantitative estimate of drug-likeness (QED) is 0.306. The van der Waals surface area contributed by atoms with Crippen molar-refractivity contribution in [3.63, 3.8) is 0 Å². The van der Waals surface area contributed by atoms with Crippen LogP contribution in [-0.2, 0) is 29.2 Å². The molecular weight excluding hydrogens is 512 g/mol. The molecule has 0 heterocycles. The molecular formula is C28H42O9S. The van der Waals surface area contributed by atoms with Crippen molar-refractivity contribution in [3.05, 3.63) is 0 Å². The van der Waals surface area contributed by atoms with E-state index in [4.69, 9.17) is 9.47 Å². The van der Waals surface area contributed by atoms with Crippen molar-refractivity contribution in [1.82, 2.24) is 0 Å². The number of hydrogen-bond acceptors (Lipinski definition) is 6. The van der Waals surface area contributed by atoms with Crippen LogP contribution in [0, 0.1) is 52.8 Å². The van der Waals surface area contributed by atoms with E-state index in [2.05, 4.69) is 0 Å². The highest BCUT2D eigenvalue weighted by Crippen LogP contribution is 2.60. The van der Waals surface area contributed by atoms with Crippen LogP contribution in [0.5, 0.6) is 0 Å². The molecule has 0 amide bonds. The maximum absolute atomic E-state index is 12.7. The highest BCUT2D eigenvalue weighted by Gasteiger charge is 2.58. The summed E-state index contributed by atoms with van der Waals surface area (Å²) >= 11 is 0. The van der Waals surface area contributed by atoms with Crippen LogP contribution in [-0.4, -0.2) is 65.8 Å². The first-order valence-corrected chi connectivity index (χ1v) is 16.3. The summed E-state index contributed by atoms with van der Waals surface area (Å²) in [6.07, 6.45) is 11.0. The lowest BCUT2D eigenvalue weighted by Crippen LogP contribution is -2.52. The molecule has 10 heteroatoms. The second kappa shape index (κ2) is 10.00. The number of carbonyl (C=O) groups is 2. The molecule has 6 saturated carbocycles. The SMILES string of the molecule is O=C(O)C(C(CCOC1CC2CC1C1CCCC21)(CCOC1CC2CC1C1CCCC21)C(=O)O)S(=O)(=O)O. The first-order chi connectivity index (χ1) is 18.1. The molecule has 214 valence electrons. The summed E-state index contributed by atoms with van der Waals surface area (Å²) in [5, 5.41) is 17.6. The van der Waals surface area contributed by atoms with Crippen molar-refractivity contribution in [2.45, 2.75) is 94.5 Å². The predicted octanol–water partition coefficient (Wildman–Crippen LogP) is 3.86. The van der Waals surface area contributed by atoms with E-state index in [-0.39, 0.29) is 38.3 Å². The van der Waals surface area contributed by atoms with Crippen LogP contribution < -0.4 is 0 Å². The van der Waals surface area contributed by atoms with Crippen molar-refractivity contribution in [3.8, 4) is 0 Å². The second-order valence-electron chi connectivity index (χ2n) is 13.3. The van der Waals surface area contributed by atoms with E-state index in [1.807, 2.05) is 0 Å². The van der Waals surface area contributed by atoms with Gasteiger partial charge in [-0.15, -0.1) is 0 Å². The van der Waals surface area contributed by atoms with Gasteiger partial charge in [-0.1, -0.05) is 12.8 Å². The van der Waals surface area contributed by atoms with Gasteiger partial charge >= 0.3 is 11.9 Å². The third kappa shape index (κ3) is 4.41. The number of carboxylic acid groups (broad SMARTS) is 2. The molecule has 6 aliphatic carbocycles. The number of ether oxygens (including phenoxy) is 2. The maximum Gasteiger partial charge on any atom is 0.325 e. The Bertz CT molecular complexity index is 995. The van der Waals surface area contributed by atoms with E-state index in [0.717, 1.165) is 37.5 Å². The van der Waals surface area contributed by atoms with Gasteiger partial charge in [-0.25, -0.2) is 0 Å². The molecule has 4 bridgehead atoms. The number of rotatable bonds is 12. The summed E-state index contributed by atoms with van der Waals surface area (Å²) in [7, 11) is -5.20. The number of aliphatic carboxylic acids is 2. The van der Waals surface area contributed by atoms with E-state index < -0.39 is 32.7 Å². The lowest BCUT2D eigenvalue weighted by atomic mass is 9.77. The molecule has 38 heavy (non-hydrogen) atoms. The molecule has 0 radical (unpaired) electrons. The lowest BCUT2D eigenvalue weighted by molar-refractivity contribution is -0.159. The van der Waals surface area contributed by atoms with Crippen LogP contribution in [0.25, 0.3) is 0 Å². The maximum atomic E-state index is 12.7. The number of hydrogen-bond donors (Lipinski definition) is 3. The largest absolute Gasteiger partial charge is 0.481 e. The lowest BCUT2D eigenvalue weighted by Gasteiger charge is -2.36. The molecule has 0 aromatic carbocycles. The summed E-state index contributed by atoms with van der Waals surface area (Å²) in [5.41, 5.74) is -2.25. The molecule has 0 aromatic rings. The third-order valence-corrected chi connectivity index (χ3v) is 13.2. The average Bonchev–Trinajstić information content (AvgIpc) is 3.65. The molecule has 3 N–H and O–H groups in total. The van der Waals surface area contributed by atoms with Gasteiger partial charge in [-0.3, -0.25) is 14.1 Å². The van der Waals surface area contributed by atoms with E-state index in [9.17, 15) is 32.8 Å². The summed E-state index contributed by atoms with van der Waals surface area (Å²) in [5.74, 6) is 1.62. The van der Waals surface area contributed by atoms with Gasteiger partial charge < -0.3 is 19.7 Å². The molecule has 0 spiro atoms. The van der Waals surface area contributed by atoms with E-state index in [0.29, 0.717) is 35.5 Å². The van der Waals surface area contributed by atoms with E-state index >= 15 is 0 Å². The zero-order valence-corrected chi connectivity index (χ0v) is 22.8. The molecule has 11 unspecified atom stereocenters. The normalized spacial score (nSPS) is 43.2. The smallest absolute Gasteiger partial charge is 0.325 e. The van der Waals surface area contributed by atoms with Gasteiger partial charge in [0, 0.05) is 13.2 Å². The topological polar surface area (TPSA) is 147 Å². The van der Waals surface area contributed by atoms with Crippen LogP contribution >= 0.6 is 0 Å². The van der Waals surface area contributed by atoms with Crippen molar-refractivity contribution < 1.29 is 42.2 Å². The minimum atomic E-state index is -5.20. The molecule has 6 fully saturated rings. The summed E-state index contributed by atoms with van der Waals surface area (Å²) < 4.78 is 46.8. The predicted molar refractivity (Wildman–Crippen MR) is 136 cm³/mol. The third-order valence-electron chi connectivity index (χ3n) is 11.9. The molecule has 0 aromatic heterocycles. The monoisotopic (exact) mass is 554 g/mol. The highest BCUT2D eigenvalue weighted by molar-refractivity contribution is 7.87. The minimum absolute atomic E-state index is 0.00417. The van der Waals surface area contributed by atoms with Gasteiger partial charge in [0.25, 0.3) is 10.1 Å². The van der Waals surface area contributed by atoms with E-state index in [1.165, 1.54) is 38.5 Å². The Labute approximate surface area is 224 Å². The van der Waals surface area contributed by atoms with Crippen LogP contribution in [0.1, 0.15) is 77.0 Å². The minimum Gasteiger partial charge on any atom is -0.481 e. The van der Waals surface area contributed by atoms with Crippen LogP contribution in [0.2, 0.25) is 0 Å². The summed E-state index contributed by atoms with van der Waals surface area (Å²) in [6.45, 7) is -0.122. The average molecular weight is 555 g/mol. The first-order valence-electron chi connectivity index (χ1n) is 14.8. The molecule has 6 rings (SSSR count). The fourth-order valence-corrected chi connectivity index (χ4v) is 11.7. The Morgan fingerprint density at radius 1 is 0.737 bits per heavy atom. The Kier molecular flexibility index (Phi) is 7.09. The van der Waals surface area contributed by atoms with Gasteiger partial charge in [-0.05, 0) is 112 Å². The van der Waals surface area contributed by atoms with Gasteiger partial charge in [-0.2, -0.15) is 8.42 Å². The Balaban J connectivity index is 1.14. The van der Waals surface area contributed by atoms with Crippen LogP contribution in [0.4, 0.5) is 0 Å². The number of fused-ring (bicyclic) bond motifs is 10. The van der Waals surface area contributed by atoms with Crippen LogP contribution in [0.15, 0.2) is 0 Å². The van der Waals surface area contributed by atoms with Crippen molar-refractivity contribution in [1.29, 1.82) is 0 Å². The molecule has 0 aliphatic heterocycles. The Morgan fingerprint density at radius 3 is 1.58 bits per heavy atom. The van der Waals surface area contributed by atoms with Crippen molar-refractivity contribution >= 4 is 22.1 Å². The fraction of sp³-hybridized carbons (Fsp3) is 0.929. The van der Waals surface area contributed by atoms with Crippen LogP contribution in [0.3, 0.4) is 0 Å². The van der Waals surface area contributed by atoms with Gasteiger partial charge in [0.2, 0.25) is 0 Å². The van der Waals surface area contributed by atoms with Crippen molar-refractivity contribution in [2.24, 2.45) is 52.8 Å². The second-order valence-corrected chi connectivity index (χ2v) is 14.8. The Morgan fingerprint density at radius 2 is 1.18 bits per heavy atom. The first kappa shape index (κ1) is 27.0. The highest BCUT2D eigenvalue weighted by atomic mass is 32.2. The number of carboxylic acids is 2. The zero-order valence-electron chi connectivity index (χ0n) is 21.9. The van der Waals surface area contributed by atoms with Crippen molar-refractivity contribution in [2.75, 3.05) is 13.2 Å².